The largest absolute Gasteiger partial charge is 0.512 e. The van der Waals surface area contributed by atoms with E-state index in [9.17, 15) is 4.79 Å². The number of aromatic nitrogens is 1. The third-order valence-corrected chi connectivity index (χ3v) is 11.1. The molecule has 5 aromatic rings. The van der Waals surface area contributed by atoms with E-state index >= 15 is 0 Å². The number of para-hydroxylation sites is 1. The Labute approximate surface area is 249 Å². The average molecular weight is 718 g/mol. The zero-order valence-corrected chi connectivity index (χ0v) is 26.2. The van der Waals surface area contributed by atoms with Crippen molar-refractivity contribution in [1.82, 2.24) is 4.98 Å². The van der Waals surface area contributed by atoms with Crippen molar-refractivity contribution in [3.8, 4) is 22.4 Å². The molecule has 0 saturated carbocycles. The molecule has 2 aliphatic rings. The van der Waals surface area contributed by atoms with E-state index in [1.165, 1.54) is 52.5 Å². The minimum Gasteiger partial charge on any atom is -0.512 e. The van der Waals surface area contributed by atoms with Gasteiger partial charge in [-0.3, -0.25) is 4.79 Å². The Balaban J connectivity index is 0.000000362. The maximum absolute atomic E-state index is 10.0. The molecule has 4 nitrogen and oxygen atoms in total. The zero-order chi connectivity index (χ0) is 27.3. The van der Waals surface area contributed by atoms with Crippen LogP contribution in [0, 0.1) is 6.07 Å². The third kappa shape index (κ3) is 4.42. The van der Waals surface area contributed by atoms with Crippen molar-refractivity contribution in [2.24, 2.45) is 0 Å². The van der Waals surface area contributed by atoms with Crippen LogP contribution in [-0.2, 0) is 24.9 Å². The Kier molecular flexibility index (Phi) is 7.36. The third-order valence-electron chi connectivity index (χ3n) is 7.54. The minimum absolute atomic E-state index is 0. The van der Waals surface area contributed by atoms with Crippen molar-refractivity contribution in [1.29, 1.82) is 0 Å². The maximum Gasteiger partial charge on any atom is 0.155 e. The summed E-state index contributed by atoms with van der Waals surface area (Å²) in [5, 5.41) is 13.7. The van der Waals surface area contributed by atoms with Crippen molar-refractivity contribution >= 4 is 52.1 Å². The van der Waals surface area contributed by atoms with E-state index in [2.05, 4.69) is 109 Å². The molecule has 1 aromatic heterocycles. The van der Waals surface area contributed by atoms with Crippen molar-refractivity contribution in [3.63, 3.8) is 0 Å². The molecule has 0 saturated heterocycles. The van der Waals surface area contributed by atoms with Crippen LogP contribution in [0.25, 0.3) is 33.2 Å². The van der Waals surface area contributed by atoms with Crippen LogP contribution in [-0.4, -0.2) is 23.9 Å². The average Bonchev–Trinajstić information content (AvgIpc) is 3.08. The SMILES string of the molecule is CC(=O)/C=C(/C)O.C[Si]1(C)c2cc[c-]c3c2-c2c(cccc21)N(c1ccccc1)c1c-3ncc2ccccc12.[Ir]. The number of carbonyl (C=O) groups is 1. The first kappa shape index (κ1) is 27.7. The van der Waals surface area contributed by atoms with Crippen LogP contribution in [0.3, 0.4) is 0 Å². The van der Waals surface area contributed by atoms with Gasteiger partial charge in [0.1, 0.15) is 0 Å². The molecule has 2 aliphatic heterocycles. The molecule has 0 bridgehead atoms. The van der Waals surface area contributed by atoms with Crippen LogP contribution >= 0.6 is 0 Å². The Hall–Kier alpha value is -3.83. The number of nitrogens with zero attached hydrogens (tertiary/aromatic N) is 2. The van der Waals surface area contributed by atoms with Crippen molar-refractivity contribution < 1.29 is 30.0 Å². The molecule has 7 rings (SSSR count). The smallest absolute Gasteiger partial charge is 0.155 e. The number of hydrogen-bond acceptors (Lipinski definition) is 4. The summed E-state index contributed by atoms with van der Waals surface area (Å²) in [5.41, 5.74) is 8.40. The summed E-state index contributed by atoms with van der Waals surface area (Å²) in [5.74, 6) is -0.0625. The topological polar surface area (TPSA) is 53.4 Å². The minimum atomic E-state index is -1.81. The van der Waals surface area contributed by atoms with E-state index in [0.717, 1.165) is 28.0 Å². The summed E-state index contributed by atoms with van der Waals surface area (Å²) >= 11 is 0. The van der Waals surface area contributed by atoms with Crippen LogP contribution in [0.5, 0.6) is 0 Å². The van der Waals surface area contributed by atoms with Gasteiger partial charge in [-0.05, 0) is 43.0 Å². The molecule has 0 atom stereocenters. The van der Waals surface area contributed by atoms with Gasteiger partial charge in [0, 0.05) is 60.5 Å². The Morgan fingerprint density at radius 1 is 0.900 bits per heavy atom. The van der Waals surface area contributed by atoms with Gasteiger partial charge >= 0.3 is 0 Å². The fourth-order valence-corrected chi connectivity index (χ4v) is 8.99. The second-order valence-corrected chi connectivity index (χ2v) is 14.9. The van der Waals surface area contributed by atoms with Gasteiger partial charge in [-0.25, -0.2) is 0 Å². The number of allylic oxidation sites excluding steroid dienone is 2. The van der Waals surface area contributed by atoms with E-state index < -0.39 is 8.07 Å². The first-order valence-corrected chi connectivity index (χ1v) is 16.1. The molecule has 40 heavy (non-hydrogen) atoms. The van der Waals surface area contributed by atoms with Gasteiger partial charge in [0.2, 0.25) is 0 Å². The molecule has 3 heterocycles. The molecule has 0 spiro atoms. The van der Waals surface area contributed by atoms with Gasteiger partial charge in [0.25, 0.3) is 0 Å². The Bertz CT molecular complexity index is 1790. The Morgan fingerprint density at radius 2 is 1.60 bits per heavy atom. The molecule has 1 N–H and O–H groups in total. The molecule has 0 amide bonds. The number of rotatable bonds is 2. The van der Waals surface area contributed by atoms with E-state index in [1.54, 1.807) is 0 Å². The predicted molar refractivity (Wildman–Crippen MR) is 164 cm³/mol. The first-order chi connectivity index (χ1) is 18.8. The number of anilines is 3. The molecule has 0 fully saturated rings. The van der Waals surface area contributed by atoms with E-state index in [1.807, 2.05) is 6.20 Å². The molecule has 0 aliphatic carbocycles. The molecule has 201 valence electrons. The molecular weight excluding hydrogens is 689 g/mol. The molecule has 4 aromatic carbocycles. The molecule has 0 unspecified atom stereocenters. The summed E-state index contributed by atoms with van der Waals surface area (Å²) in [6.07, 6.45) is 3.18. The van der Waals surface area contributed by atoms with E-state index in [4.69, 9.17) is 10.1 Å². The van der Waals surface area contributed by atoms with E-state index in [-0.39, 0.29) is 31.6 Å². The second kappa shape index (κ2) is 10.6. The number of fused-ring (bicyclic) bond motifs is 4. The number of aliphatic hydroxyl groups excluding tert-OH is 1. The van der Waals surface area contributed by atoms with E-state index in [0.29, 0.717) is 0 Å². The molecular formula is C34H29IrN2O2Si-. The summed E-state index contributed by atoms with van der Waals surface area (Å²) < 4.78 is 0. The van der Waals surface area contributed by atoms with Gasteiger partial charge in [-0.2, -0.15) is 0 Å². The zero-order valence-electron chi connectivity index (χ0n) is 22.8. The quantitative estimate of drug-likeness (QED) is 0.0884. The van der Waals surface area contributed by atoms with Crippen molar-refractivity contribution in [3.05, 3.63) is 109 Å². The molecule has 1 radical (unpaired) electrons. The number of pyridine rings is 1. The standard InChI is InChI=1S/C29H21N2Si.C5H8O2.Ir/c1-32(2)24-16-8-14-22-26(24)27-23(15-9-17-25(27)32)31(20-11-4-3-5-12-20)29-21-13-7-6-10-19(21)18-30-28(22)29;1-4(6)3-5(2)7;/h3-13,15-18H,1-2H3;3,6H,1-2H3;/q-1;;/b;4-3-;. The van der Waals surface area contributed by atoms with Gasteiger partial charge in [0.15, 0.2) is 5.78 Å². The fraction of sp³-hybridized carbons (Fsp3) is 0.118. The summed E-state index contributed by atoms with van der Waals surface area (Å²) in [7, 11) is -1.81. The second-order valence-electron chi connectivity index (χ2n) is 10.6. The van der Waals surface area contributed by atoms with Gasteiger partial charge < -0.3 is 15.0 Å². The number of ketones is 1. The predicted octanol–water partition coefficient (Wildman–Crippen LogP) is 7.32. The summed E-state index contributed by atoms with van der Waals surface area (Å²) in [6.45, 7) is 7.78. The van der Waals surface area contributed by atoms with Gasteiger partial charge in [0.05, 0.1) is 13.8 Å². The first-order valence-electron chi connectivity index (χ1n) is 13.1. The number of hydrogen-bond donors (Lipinski definition) is 1. The number of carbonyl (C=O) groups excluding carboxylic acids is 1. The number of benzene rings is 4. The van der Waals surface area contributed by atoms with Gasteiger partial charge in [-0.15, -0.1) is 28.9 Å². The summed E-state index contributed by atoms with van der Waals surface area (Å²) in [4.78, 5) is 17.5. The van der Waals surface area contributed by atoms with Crippen LogP contribution < -0.4 is 15.3 Å². The van der Waals surface area contributed by atoms with Crippen molar-refractivity contribution in [2.75, 3.05) is 4.90 Å². The van der Waals surface area contributed by atoms with Crippen LogP contribution in [0.2, 0.25) is 13.1 Å². The van der Waals surface area contributed by atoms with Crippen LogP contribution in [0.4, 0.5) is 17.1 Å². The summed E-state index contributed by atoms with van der Waals surface area (Å²) in [6, 6.07) is 34.1. The monoisotopic (exact) mass is 718 g/mol. The van der Waals surface area contributed by atoms with Gasteiger partial charge in [-0.1, -0.05) is 78.4 Å². The van der Waals surface area contributed by atoms with Crippen LogP contribution in [0.15, 0.2) is 103 Å². The molecule has 6 heteroatoms. The van der Waals surface area contributed by atoms with Crippen molar-refractivity contribution in [2.45, 2.75) is 26.9 Å². The van der Waals surface area contributed by atoms with Crippen LogP contribution in [0.1, 0.15) is 13.8 Å². The maximum atomic E-state index is 10.0. The Morgan fingerprint density at radius 3 is 2.30 bits per heavy atom. The normalized spacial score (nSPS) is 13.8. The fourth-order valence-electron chi connectivity index (χ4n) is 5.94. The number of aliphatic hydroxyl groups is 1.